The van der Waals surface area contributed by atoms with Crippen molar-refractivity contribution in [2.24, 2.45) is 0 Å². The van der Waals surface area contributed by atoms with Crippen LogP contribution in [0.15, 0.2) is 30.3 Å². The Balaban J connectivity index is 1.80. The Hall–Kier alpha value is -1.20. The molecule has 1 aliphatic heterocycles. The third-order valence-electron chi connectivity index (χ3n) is 3.55. The van der Waals surface area contributed by atoms with Crippen LogP contribution in [0.4, 0.5) is 4.79 Å². The topological polar surface area (TPSA) is 61.4 Å². The number of hydrogen-bond donors (Lipinski definition) is 3. The van der Waals surface area contributed by atoms with E-state index in [0.717, 1.165) is 29.9 Å². The van der Waals surface area contributed by atoms with Crippen molar-refractivity contribution >= 4 is 17.8 Å². The minimum absolute atomic E-state index is 0.196. The molecule has 4 nitrogen and oxygen atoms in total. The van der Waals surface area contributed by atoms with E-state index in [1.165, 1.54) is 0 Å². The number of carbonyl (C=O) groups excluding carboxylic acids is 1. The number of thioether (sulfide) groups is 1. The lowest BCUT2D eigenvalue weighted by Gasteiger charge is -2.26. The van der Waals surface area contributed by atoms with Gasteiger partial charge >= 0.3 is 6.03 Å². The second-order valence-corrected chi connectivity index (χ2v) is 6.58. The molecule has 0 bridgehead atoms. The van der Waals surface area contributed by atoms with Crippen molar-refractivity contribution in [2.75, 3.05) is 18.1 Å². The van der Waals surface area contributed by atoms with Crippen LogP contribution >= 0.6 is 11.8 Å². The summed E-state index contributed by atoms with van der Waals surface area (Å²) in [7, 11) is 0. The third kappa shape index (κ3) is 4.42. The van der Waals surface area contributed by atoms with Crippen molar-refractivity contribution in [1.82, 2.24) is 10.6 Å². The molecule has 110 valence electrons. The number of carbonyl (C=O) groups is 1. The quantitative estimate of drug-likeness (QED) is 0.797. The molecular weight excluding hydrogens is 272 g/mol. The molecule has 0 saturated carbocycles. The van der Waals surface area contributed by atoms with Crippen LogP contribution in [-0.2, 0) is 5.60 Å². The van der Waals surface area contributed by atoms with Crippen molar-refractivity contribution in [3.8, 4) is 0 Å². The molecule has 1 aromatic rings. The molecule has 1 unspecified atom stereocenters. The fourth-order valence-electron chi connectivity index (χ4n) is 2.23. The van der Waals surface area contributed by atoms with Crippen LogP contribution in [0.5, 0.6) is 0 Å². The Morgan fingerprint density at radius 3 is 2.65 bits per heavy atom. The molecule has 1 heterocycles. The molecule has 2 rings (SSSR count). The highest BCUT2D eigenvalue weighted by molar-refractivity contribution is 7.99. The van der Waals surface area contributed by atoms with Gasteiger partial charge in [0.25, 0.3) is 0 Å². The maximum Gasteiger partial charge on any atom is 0.315 e. The van der Waals surface area contributed by atoms with Gasteiger partial charge in [-0.1, -0.05) is 30.3 Å². The van der Waals surface area contributed by atoms with E-state index in [2.05, 4.69) is 10.6 Å². The standard InChI is InChI=1S/C15H22N2O2S/c1-15(19,12-5-3-2-4-6-12)11-16-14(18)17-13-7-9-20-10-8-13/h2-6,13,19H,7-11H2,1H3,(H2,16,17,18). The second-order valence-electron chi connectivity index (χ2n) is 5.35. The highest BCUT2D eigenvalue weighted by Crippen LogP contribution is 2.19. The average Bonchev–Trinajstić information content (AvgIpc) is 2.47. The van der Waals surface area contributed by atoms with Gasteiger partial charge in [0.05, 0.1) is 6.54 Å². The fraction of sp³-hybridized carbons (Fsp3) is 0.533. The van der Waals surface area contributed by atoms with E-state index >= 15 is 0 Å². The molecule has 0 radical (unpaired) electrons. The zero-order chi connectivity index (χ0) is 14.4. The van der Waals surface area contributed by atoms with Crippen LogP contribution in [0.3, 0.4) is 0 Å². The molecule has 1 aliphatic rings. The first-order chi connectivity index (χ1) is 9.58. The smallest absolute Gasteiger partial charge is 0.315 e. The summed E-state index contributed by atoms with van der Waals surface area (Å²) in [6.45, 7) is 1.91. The molecule has 20 heavy (non-hydrogen) atoms. The maximum atomic E-state index is 11.8. The number of nitrogens with one attached hydrogen (secondary N) is 2. The summed E-state index contributed by atoms with van der Waals surface area (Å²) in [4.78, 5) is 11.8. The first kappa shape index (κ1) is 15.2. The van der Waals surface area contributed by atoms with E-state index in [1.54, 1.807) is 6.92 Å². The summed E-state index contributed by atoms with van der Waals surface area (Å²) in [6.07, 6.45) is 2.04. The van der Waals surface area contributed by atoms with Crippen molar-refractivity contribution in [3.63, 3.8) is 0 Å². The van der Waals surface area contributed by atoms with Crippen molar-refractivity contribution in [3.05, 3.63) is 35.9 Å². The molecule has 0 spiro atoms. The van der Waals surface area contributed by atoms with Crippen LogP contribution in [0.1, 0.15) is 25.3 Å². The molecule has 0 aliphatic carbocycles. The van der Waals surface area contributed by atoms with Gasteiger partial charge < -0.3 is 15.7 Å². The molecule has 1 atom stereocenters. The van der Waals surface area contributed by atoms with Crippen molar-refractivity contribution in [1.29, 1.82) is 0 Å². The highest BCUT2D eigenvalue weighted by atomic mass is 32.2. The Kier molecular flexibility index (Phi) is 5.31. The fourth-order valence-corrected chi connectivity index (χ4v) is 3.34. The summed E-state index contributed by atoms with van der Waals surface area (Å²) in [5.41, 5.74) is -0.254. The Morgan fingerprint density at radius 1 is 1.35 bits per heavy atom. The maximum absolute atomic E-state index is 11.8. The largest absolute Gasteiger partial charge is 0.384 e. The Labute approximate surface area is 124 Å². The summed E-state index contributed by atoms with van der Waals surface area (Å²) >= 11 is 1.93. The van der Waals surface area contributed by atoms with E-state index in [0.29, 0.717) is 0 Å². The van der Waals surface area contributed by atoms with Gasteiger partial charge in [-0.2, -0.15) is 11.8 Å². The average molecular weight is 294 g/mol. The number of amides is 2. The second kappa shape index (κ2) is 6.99. The van der Waals surface area contributed by atoms with Gasteiger partial charge in [0.1, 0.15) is 5.60 Å². The number of hydrogen-bond acceptors (Lipinski definition) is 3. The lowest BCUT2D eigenvalue weighted by molar-refractivity contribution is 0.0592. The van der Waals surface area contributed by atoms with Crippen molar-refractivity contribution < 1.29 is 9.90 Å². The van der Waals surface area contributed by atoms with Crippen molar-refractivity contribution in [2.45, 2.75) is 31.4 Å². The van der Waals surface area contributed by atoms with Gasteiger partial charge in [-0.05, 0) is 36.8 Å². The van der Waals surface area contributed by atoms with Crippen LogP contribution in [0.2, 0.25) is 0 Å². The highest BCUT2D eigenvalue weighted by Gasteiger charge is 2.24. The number of rotatable bonds is 4. The molecule has 2 amide bonds. The first-order valence-electron chi connectivity index (χ1n) is 6.98. The van der Waals surface area contributed by atoms with E-state index in [1.807, 2.05) is 42.1 Å². The molecule has 1 fully saturated rings. The zero-order valence-corrected chi connectivity index (χ0v) is 12.6. The number of aliphatic hydroxyl groups is 1. The zero-order valence-electron chi connectivity index (χ0n) is 11.8. The van der Waals surface area contributed by atoms with E-state index in [4.69, 9.17) is 0 Å². The summed E-state index contributed by atoms with van der Waals surface area (Å²) in [6, 6.07) is 9.44. The minimum Gasteiger partial charge on any atom is -0.384 e. The summed E-state index contributed by atoms with van der Waals surface area (Å²) < 4.78 is 0. The van der Waals surface area contributed by atoms with Crippen LogP contribution in [0.25, 0.3) is 0 Å². The van der Waals surface area contributed by atoms with Gasteiger partial charge in [0.15, 0.2) is 0 Å². The SMILES string of the molecule is CC(O)(CNC(=O)NC1CCSCC1)c1ccccc1. The Morgan fingerprint density at radius 2 is 2.00 bits per heavy atom. The molecule has 1 aromatic carbocycles. The van der Waals surface area contributed by atoms with Crippen LogP contribution in [0, 0.1) is 0 Å². The number of benzene rings is 1. The molecule has 0 aromatic heterocycles. The van der Waals surface area contributed by atoms with Crippen LogP contribution in [-0.4, -0.2) is 35.2 Å². The number of urea groups is 1. The predicted molar refractivity (Wildman–Crippen MR) is 82.9 cm³/mol. The predicted octanol–water partition coefficient (Wildman–Crippen LogP) is 2.09. The van der Waals surface area contributed by atoms with E-state index < -0.39 is 5.60 Å². The minimum atomic E-state index is -1.05. The Bertz CT molecular complexity index is 431. The monoisotopic (exact) mass is 294 g/mol. The molecule has 3 N–H and O–H groups in total. The van der Waals surface area contributed by atoms with Gasteiger partial charge in [0, 0.05) is 6.04 Å². The third-order valence-corrected chi connectivity index (χ3v) is 4.59. The lowest BCUT2D eigenvalue weighted by Crippen LogP contribution is -2.47. The molecular formula is C15H22N2O2S. The molecule has 1 saturated heterocycles. The molecule has 5 heteroatoms. The van der Waals surface area contributed by atoms with Gasteiger partial charge in [0.2, 0.25) is 0 Å². The van der Waals surface area contributed by atoms with Gasteiger partial charge in [-0.25, -0.2) is 4.79 Å². The van der Waals surface area contributed by atoms with E-state index in [9.17, 15) is 9.90 Å². The normalized spacial score (nSPS) is 19.1. The first-order valence-corrected chi connectivity index (χ1v) is 8.13. The lowest BCUT2D eigenvalue weighted by atomic mass is 9.96. The summed E-state index contributed by atoms with van der Waals surface area (Å²) in [5.74, 6) is 2.21. The van der Waals surface area contributed by atoms with Gasteiger partial charge in [-0.3, -0.25) is 0 Å². The van der Waals surface area contributed by atoms with E-state index in [-0.39, 0.29) is 18.6 Å². The summed E-state index contributed by atoms with van der Waals surface area (Å²) in [5, 5.41) is 16.1. The van der Waals surface area contributed by atoms with Crippen LogP contribution < -0.4 is 10.6 Å². The van der Waals surface area contributed by atoms with Gasteiger partial charge in [-0.15, -0.1) is 0 Å².